The van der Waals surface area contributed by atoms with E-state index in [0.717, 1.165) is 0 Å². The summed E-state index contributed by atoms with van der Waals surface area (Å²) in [5.74, 6) is -1.16. The van der Waals surface area contributed by atoms with Gasteiger partial charge >= 0.3 is 5.97 Å². The Balaban J connectivity index is 2.77. The lowest BCUT2D eigenvalue weighted by atomic mass is 10.0. The van der Waals surface area contributed by atoms with E-state index in [0.29, 0.717) is 11.3 Å². The van der Waals surface area contributed by atoms with Crippen LogP contribution in [0.1, 0.15) is 30.0 Å². The number of hydrogen-bond acceptors (Lipinski definition) is 3. The summed E-state index contributed by atoms with van der Waals surface area (Å²) in [5, 5.41) is 11.4. The molecule has 1 aromatic rings. The zero-order chi connectivity index (χ0) is 12.3. The van der Waals surface area contributed by atoms with Crippen molar-refractivity contribution in [2.45, 2.75) is 26.8 Å². The van der Waals surface area contributed by atoms with E-state index in [-0.39, 0.29) is 5.92 Å². The van der Waals surface area contributed by atoms with Gasteiger partial charge in [-0.1, -0.05) is 13.8 Å². The van der Waals surface area contributed by atoms with Gasteiger partial charge in [-0.15, -0.1) is 0 Å². The molecular formula is C11H15NO4. The minimum atomic E-state index is -1.04. The fourth-order valence-corrected chi connectivity index (χ4v) is 1.35. The summed E-state index contributed by atoms with van der Waals surface area (Å²) in [4.78, 5) is 22.6. The smallest absolute Gasteiger partial charge is 0.326 e. The zero-order valence-corrected chi connectivity index (χ0v) is 9.48. The molecule has 0 aliphatic heterocycles. The van der Waals surface area contributed by atoms with Crippen LogP contribution in [-0.2, 0) is 4.79 Å². The third-order valence-electron chi connectivity index (χ3n) is 2.32. The summed E-state index contributed by atoms with van der Waals surface area (Å²) in [7, 11) is 0. The monoisotopic (exact) mass is 225 g/mol. The molecule has 5 heteroatoms. The molecule has 0 bridgehead atoms. The first-order chi connectivity index (χ1) is 7.43. The van der Waals surface area contributed by atoms with Crippen LogP contribution in [0.4, 0.5) is 0 Å². The normalized spacial score (nSPS) is 12.5. The van der Waals surface area contributed by atoms with Crippen LogP contribution in [0.5, 0.6) is 0 Å². The number of aliphatic carboxylic acids is 1. The molecule has 1 aromatic heterocycles. The molecule has 1 heterocycles. The summed E-state index contributed by atoms with van der Waals surface area (Å²) in [6.07, 6.45) is 1.40. The molecule has 1 atom stereocenters. The third kappa shape index (κ3) is 2.62. The highest BCUT2D eigenvalue weighted by Gasteiger charge is 2.24. The highest BCUT2D eigenvalue weighted by Crippen LogP contribution is 2.10. The molecule has 1 amide bonds. The number of carbonyl (C=O) groups is 2. The molecule has 0 aliphatic rings. The molecule has 5 nitrogen and oxygen atoms in total. The van der Waals surface area contributed by atoms with Gasteiger partial charge in [0.05, 0.1) is 11.8 Å². The van der Waals surface area contributed by atoms with Crippen LogP contribution in [-0.4, -0.2) is 23.0 Å². The standard InChI is InChI=1S/C11H15NO4/c1-6(2)9(11(14)15)12-10(13)8-4-5-16-7(8)3/h4-6,9H,1-3H3,(H,12,13)(H,14,15)/t9-/m1/s1. The van der Waals surface area contributed by atoms with Crippen molar-refractivity contribution in [3.63, 3.8) is 0 Å². The lowest BCUT2D eigenvalue weighted by molar-refractivity contribution is -0.140. The first kappa shape index (κ1) is 12.3. The molecule has 0 spiro atoms. The van der Waals surface area contributed by atoms with Crippen molar-refractivity contribution >= 4 is 11.9 Å². The molecule has 0 fully saturated rings. The van der Waals surface area contributed by atoms with Crippen LogP contribution < -0.4 is 5.32 Å². The number of carbonyl (C=O) groups excluding carboxylic acids is 1. The summed E-state index contributed by atoms with van der Waals surface area (Å²) in [6, 6.07) is 0.631. The Bertz CT molecular complexity index is 394. The number of furan rings is 1. The predicted molar refractivity (Wildman–Crippen MR) is 57.2 cm³/mol. The molecule has 0 radical (unpaired) electrons. The molecule has 88 valence electrons. The van der Waals surface area contributed by atoms with E-state index in [1.807, 2.05) is 0 Å². The average Bonchev–Trinajstić information content (AvgIpc) is 2.59. The number of nitrogens with one attached hydrogen (secondary N) is 1. The molecule has 16 heavy (non-hydrogen) atoms. The van der Waals surface area contributed by atoms with Crippen LogP contribution in [0.15, 0.2) is 16.7 Å². The molecule has 2 N–H and O–H groups in total. The van der Waals surface area contributed by atoms with Gasteiger partial charge in [0.15, 0.2) is 0 Å². The number of carboxylic acid groups (broad SMARTS) is 1. The second kappa shape index (κ2) is 4.83. The Labute approximate surface area is 93.4 Å². The summed E-state index contributed by atoms with van der Waals surface area (Å²) in [5.41, 5.74) is 0.367. The number of hydrogen-bond donors (Lipinski definition) is 2. The molecule has 0 aliphatic carbocycles. The van der Waals surface area contributed by atoms with Crippen molar-refractivity contribution < 1.29 is 19.1 Å². The van der Waals surface area contributed by atoms with E-state index < -0.39 is 17.9 Å². The molecule has 0 saturated heterocycles. The molecule has 0 saturated carbocycles. The van der Waals surface area contributed by atoms with Gasteiger partial charge in [-0.25, -0.2) is 4.79 Å². The van der Waals surface area contributed by atoms with Gasteiger partial charge in [-0.2, -0.15) is 0 Å². The van der Waals surface area contributed by atoms with Gasteiger partial charge in [0.1, 0.15) is 11.8 Å². The Morgan fingerprint density at radius 2 is 2.06 bits per heavy atom. The summed E-state index contributed by atoms with van der Waals surface area (Å²) >= 11 is 0. The molecule has 0 unspecified atom stereocenters. The highest BCUT2D eigenvalue weighted by atomic mass is 16.4. The topological polar surface area (TPSA) is 79.5 Å². The van der Waals surface area contributed by atoms with Crippen molar-refractivity contribution in [3.8, 4) is 0 Å². The first-order valence-corrected chi connectivity index (χ1v) is 5.01. The number of rotatable bonds is 4. The molecule has 0 aromatic carbocycles. The van der Waals surface area contributed by atoms with Crippen molar-refractivity contribution in [3.05, 3.63) is 23.7 Å². The second-order valence-electron chi connectivity index (χ2n) is 3.92. The van der Waals surface area contributed by atoms with Gasteiger partial charge < -0.3 is 14.8 Å². The van der Waals surface area contributed by atoms with Gasteiger partial charge in [0, 0.05) is 0 Å². The SMILES string of the molecule is Cc1occc1C(=O)N[C@@H](C(=O)O)C(C)C. The fourth-order valence-electron chi connectivity index (χ4n) is 1.35. The second-order valence-corrected chi connectivity index (χ2v) is 3.92. The van der Waals surface area contributed by atoms with Crippen LogP contribution in [0.25, 0.3) is 0 Å². The van der Waals surface area contributed by atoms with E-state index in [2.05, 4.69) is 5.32 Å². The Morgan fingerprint density at radius 3 is 2.44 bits per heavy atom. The van der Waals surface area contributed by atoms with Gasteiger partial charge in [-0.3, -0.25) is 4.79 Å². The van der Waals surface area contributed by atoms with E-state index in [1.54, 1.807) is 20.8 Å². The van der Waals surface area contributed by atoms with Gasteiger partial charge in [0.25, 0.3) is 5.91 Å². The van der Waals surface area contributed by atoms with Gasteiger partial charge in [0.2, 0.25) is 0 Å². The minimum absolute atomic E-state index is 0.173. The van der Waals surface area contributed by atoms with E-state index in [1.165, 1.54) is 12.3 Å². The molecular weight excluding hydrogens is 210 g/mol. The summed E-state index contributed by atoms with van der Waals surface area (Å²) < 4.78 is 4.98. The van der Waals surface area contributed by atoms with Crippen LogP contribution in [0.3, 0.4) is 0 Å². The van der Waals surface area contributed by atoms with Crippen molar-refractivity contribution in [1.29, 1.82) is 0 Å². The number of aryl methyl sites for hydroxylation is 1. The average molecular weight is 225 g/mol. The zero-order valence-electron chi connectivity index (χ0n) is 9.48. The van der Waals surface area contributed by atoms with Crippen molar-refractivity contribution in [2.24, 2.45) is 5.92 Å². The van der Waals surface area contributed by atoms with Crippen LogP contribution in [0.2, 0.25) is 0 Å². The number of amides is 1. The number of carboxylic acids is 1. The van der Waals surface area contributed by atoms with E-state index in [4.69, 9.17) is 9.52 Å². The Kier molecular flexibility index (Phi) is 3.71. The van der Waals surface area contributed by atoms with E-state index >= 15 is 0 Å². The lowest BCUT2D eigenvalue weighted by Crippen LogP contribution is -2.44. The lowest BCUT2D eigenvalue weighted by Gasteiger charge is -2.17. The predicted octanol–water partition coefficient (Wildman–Crippen LogP) is 1.43. The largest absolute Gasteiger partial charge is 0.480 e. The summed E-state index contributed by atoms with van der Waals surface area (Å²) in [6.45, 7) is 5.13. The van der Waals surface area contributed by atoms with Crippen LogP contribution in [0, 0.1) is 12.8 Å². The third-order valence-corrected chi connectivity index (χ3v) is 2.32. The maximum absolute atomic E-state index is 11.7. The highest BCUT2D eigenvalue weighted by molar-refractivity contribution is 5.97. The Hall–Kier alpha value is -1.78. The maximum Gasteiger partial charge on any atom is 0.326 e. The van der Waals surface area contributed by atoms with Crippen molar-refractivity contribution in [2.75, 3.05) is 0 Å². The van der Waals surface area contributed by atoms with Crippen LogP contribution >= 0.6 is 0 Å². The van der Waals surface area contributed by atoms with Crippen molar-refractivity contribution in [1.82, 2.24) is 5.32 Å². The first-order valence-electron chi connectivity index (χ1n) is 5.01. The maximum atomic E-state index is 11.7. The fraction of sp³-hybridized carbons (Fsp3) is 0.455. The molecule has 1 rings (SSSR count). The quantitative estimate of drug-likeness (QED) is 0.812. The Morgan fingerprint density at radius 1 is 1.44 bits per heavy atom. The van der Waals surface area contributed by atoms with E-state index in [9.17, 15) is 9.59 Å². The van der Waals surface area contributed by atoms with Gasteiger partial charge in [-0.05, 0) is 18.9 Å². The minimum Gasteiger partial charge on any atom is -0.480 e.